The van der Waals surface area contributed by atoms with E-state index in [2.05, 4.69) is 0 Å². The van der Waals surface area contributed by atoms with Gasteiger partial charge in [-0.05, 0) is 43.5 Å². The van der Waals surface area contributed by atoms with Crippen LogP contribution in [0.4, 0.5) is 0 Å². The number of phenols is 1. The van der Waals surface area contributed by atoms with Crippen molar-refractivity contribution in [3.05, 3.63) is 22.2 Å². The van der Waals surface area contributed by atoms with Crippen molar-refractivity contribution in [1.82, 2.24) is 0 Å². The van der Waals surface area contributed by atoms with Crippen molar-refractivity contribution in [2.24, 2.45) is 5.73 Å². The van der Waals surface area contributed by atoms with Gasteiger partial charge in [0.1, 0.15) is 16.5 Å². The number of hydrogen-bond acceptors (Lipinski definition) is 3. The maximum Gasteiger partial charge on any atom is 0.144 e. The quantitative estimate of drug-likeness (QED) is 0.833. The minimum Gasteiger partial charge on any atom is -0.506 e. The average molecular weight is 230 g/mol. The molecule has 0 unspecified atom stereocenters. The predicted octanol–water partition coefficient (Wildman–Crippen LogP) is 2.25. The lowest BCUT2D eigenvalue weighted by atomic mass is 10.0. The van der Waals surface area contributed by atoms with Gasteiger partial charge in [-0.1, -0.05) is 11.6 Å². The van der Waals surface area contributed by atoms with Gasteiger partial charge in [0.15, 0.2) is 0 Å². The zero-order valence-corrected chi connectivity index (χ0v) is 9.77. The molecule has 0 aliphatic heterocycles. The molecule has 0 saturated carbocycles. The first-order valence-corrected chi connectivity index (χ1v) is 5.24. The summed E-state index contributed by atoms with van der Waals surface area (Å²) in [6, 6.07) is 1.88. The molecule has 15 heavy (non-hydrogen) atoms. The molecule has 84 valence electrons. The van der Waals surface area contributed by atoms with Gasteiger partial charge in [-0.15, -0.1) is 0 Å². The van der Waals surface area contributed by atoms with Crippen molar-refractivity contribution in [3.8, 4) is 11.5 Å². The fourth-order valence-corrected chi connectivity index (χ4v) is 1.86. The lowest BCUT2D eigenvalue weighted by Gasteiger charge is -2.13. The molecule has 1 aromatic rings. The average Bonchev–Trinajstić information content (AvgIpc) is 2.23. The molecule has 0 aliphatic carbocycles. The Morgan fingerprint density at radius 3 is 2.73 bits per heavy atom. The predicted molar refractivity (Wildman–Crippen MR) is 61.8 cm³/mol. The normalized spacial score (nSPS) is 10.4. The second kappa shape index (κ2) is 5.24. The third-order valence-electron chi connectivity index (χ3n) is 2.32. The highest BCUT2D eigenvalue weighted by Crippen LogP contribution is 2.39. The van der Waals surface area contributed by atoms with Crippen LogP contribution in [0, 0.1) is 6.92 Å². The minimum absolute atomic E-state index is 0.0880. The molecule has 0 bridgehead atoms. The Bertz CT molecular complexity index is 353. The fraction of sp³-hybridized carbons (Fsp3) is 0.455. The van der Waals surface area contributed by atoms with Crippen LogP contribution in [0.2, 0.25) is 5.02 Å². The number of rotatable bonds is 4. The Morgan fingerprint density at radius 1 is 1.53 bits per heavy atom. The SMILES string of the molecule is COc1c(CCCN)cc(C)c(O)c1Cl. The number of ether oxygens (including phenoxy) is 1. The molecule has 1 rings (SSSR count). The summed E-state index contributed by atoms with van der Waals surface area (Å²) < 4.78 is 5.18. The lowest BCUT2D eigenvalue weighted by Crippen LogP contribution is -2.02. The highest BCUT2D eigenvalue weighted by Gasteiger charge is 2.14. The van der Waals surface area contributed by atoms with Crippen molar-refractivity contribution >= 4 is 11.6 Å². The summed E-state index contributed by atoms with van der Waals surface area (Å²) in [7, 11) is 1.54. The van der Waals surface area contributed by atoms with Crippen molar-refractivity contribution in [2.45, 2.75) is 19.8 Å². The number of aryl methyl sites for hydroxylation is 2. The summed E-state index contributed by atoms with van der Waals surface area (Å²) in [6.07, 6.45) is 1.68. The van der Waals surface area contributed by atoms with Crippen LogP contribution in [0.3, 0.4) is 0 Å². The standard InChI is InChI=1S/C11H16ClNO2/c1-7-6-8(4-3-5-13)11(15-2)9(12)10(7)14/h6,14H,3-5,13H2,1-2H3. The van der Waals surface area contributed by atoms with E-state index in [9.17, 15) is 5.11 Å². The molecule has 0 saturated heterocycles. The van der Waals surface area contributed by atoms with Crippen LogP contribution >= 0.6 is 11.6 Å². The first-order chi connectivity index (χ1) is 7.11. The molecule has 0 atom stereocenters. The number of hydrogen-bond donors (Lipinski definition) is 2. The minimum atomic E-state index is 0.0880. The van der Waals surface area contributed by atoms with Gasteiger partial charge in [-0.3, -0.25) is 0 Å². The van der Waals surface area contributed by atoms with Gasteiger partial charge in [0.2, 0.25) is 0 Å². The van der Waals surface area contributed by atoms with E-state index in [4.69, 9.17) is 22.1 Å². The zero-order valence-electron chi connectivity index (χ0n) is 9.01. The smallest absolute Gasteiger partial charge is 0.144 e. The molecule has 4 heteroatoms. The van der Waals surface area contributed by atoms with Crippen LogP contribution in [-0.4, -0.2) is 18.8 Å². The van der Waals surface area contributed by atoms with Crippen molar-refractivity contribution in [1.29, 1.82) is 0 Å². The molecule has 0 fully saturated rings. The molecular formula is C11H16ClNO2. The Morgan fingerprint density at radius 2 is 2.20 bits per heavy atom. The van der Waals surface area contributed by atoms with Crippen molar-refractivity contribution < 1.29 is 9.84 Å². The summed E-state index contributed by atoms with van der Waals surface area (Å²) in [4.78, 5) is 0. The molecule has 0 radical (unpaired) electrons. The second-order valence-electron chi connectivity index (χ2n) is 3.44. The molecular weight excluding hydrogens is 214 g/mol. The van der Waals surface area contributed by atoms with Crippen LogP contribution in [0.1, 0.15) is 17.5 Å². The summed E-state index contributed by atoms with van der Waals surface area (Å²) in [5.74, 6) is 0.637. The topological polar surface area (TPSA) is 55.5 Å². The fourth-order valence-electron chi connectivity index (χ4n) is 1.52. The van der Waals surface area contributed by atoms with Crippen molar-refractivity contribution in [3.63, 3.8) is 0 Å². The largest absolute Gasteiger partial charge is 0.506 e. The third-order valence-corrected chi connectivity index (χ3v) is 2.67. The highest BCUT2D eigenvalue weighted by molar-refractivity contribution is 6.33. The molecule has 0 heterocycles. The Kier molecular flexibility index (Phi) is 4.24. The molecule has 3 nitrogen and oxygen atoms in total. The number of phenolic OH excluding ortho intramolecular Hbond substituents is 1. The van der Waals surface area contributed by atoms with Crippen LogP contribution in [0.5, 0.6) is 11.5 Å². The van der Waals surface area contributed by atoms with Crippen LogP contribution in [0.25, 0.3) is 0 Å². The Balaban J connectivity index is 3.13. The summed E-state index contributed by atoms with van der Waals surface area (Å²) >= 11 is 5.98. The van der Waals surface area contributed by atoms with Crippen molar-refractivity contribution in [2.75, 3.05) is 13.7 Å². The van der Waals surface area contributed by atoms with Gasteiger partial charge in [0.25, 0.3) is 0 Å². The first-order valence-electron chi connectivity index (χ1n) is 4.86. The number of nitrogens with two attached hydrogens (primary N) is 1. The molecule has 1 aromatic carbocycles. The van der Waals surface area contributed by atoms with E-state index in [0.717, 1.165) is 24.0 Å². The van der Waals surface area contributed by atoms with Crippen LogP contribution in [0.15, 0.2) is 6.07 Å². The van der Waals surface area contributed by atoms with E-state index in [0.29, 0.717) is 12.3 Å². The summed E-state index contributed by atoms with van der Waals surface area (Å²) in [5.41, 5.74) is 7.20. The molecule has 3 N–H and O–H groups in total. The maximum atomic E-state index is 9.63. The molecule has 0 aliphatic rings. The molecule has 0 amide bonds. The number of aromatic hydroxyl groups is 1. The maximum absolute atomic E-state index is 9.63. The van der Waals surface area contributed by atoms with E-state index in [1.807, 2.05) is 13.0 Å². The van der Waals surface area contributed by atoms with E-state index in [1.54, 1.807) is 7.11 Å². The lowest BCUT2D eigenvalue weighted by molar-refractivity contribution is 0.402. The van der Waals surface area contributed by atoms with Gasteiger partial charge in [0.05, 0.1) is 7.11 Å². The highest BCUT2D eigenvalue weighted by atomic mass is 35.5. The second-order valence-corrected chi connectivity index (χ2v) is 3.82. The van der Waals surface area contributed by atoms with Gasteiger partial charge in [-0.2, -0.15) is 0 Å². The van der Waals surface area contributed by atoms with Gasteiger partial charge >= 0.3 is 0 Å². The number of methoxy groups -OCH3 is 1. The Hall–Kier alpha value is -0.930. The van der Waals surface area contributed by atoms with Gasteiger partial charge in [-0.25, -0.2) is 0 Å². The van der Waals surface area contributed by atoms with E-state index < -0.39 is 0 Å². The first kappa shape index (κ1) is 12.1. The van der Waals surface area contributed by atoms with E-state index in [-0.39, 0.29) is 10.8 Å². The summed E-state index contributed by atoms with van der Waals surface area (Å²) in [6.45, 7) is 2.44. The van der Waals surface area contributed by atoms with Crippen LogP contribution < -0.4 is 10.5 Å². The molecule has 0 spiro atoms. The van der Waals surface area contributed by atoms with E-state index in [1.165, 1.54) is 0 Å². The zero-order chi connectivity index (χ0) is 11.4. The Labute approximate surface area is 94.8 Å². The molecule has 0 aromatic heterocycles. The van der Waals surface area contributed by atoms with Gasteiger partial charge in [0, 0.05) is 0 Å². The number of halogens is 1. The van der Waals surface area contributed by atoms with E-state index >= 15 is 0 Å². The number of benzene rings is 1. The van der Waals surface area contributed by atoms with Crippen LogP contribution in [-0.2, 0) is 6.42 Å². The van der Waals surface area contributed by atoms with Gasteiger partial charge < -0.3 is 15.6 Å². The monoisotopic (exact) mass is 229 g/mol. The third kappa shape index (κ3) is 2.55. The summed E-state index contributed by atoms with van der Waals surface area (Å²) in [5, 5.41) is 9.91.